The van der Waals surface area contributed by atoms with Crippen LogP contribution in [0.25, 0.3) is 0 Å². The van der Waals surface area contributed by atoms with Crippen molar-refractivity contribution in [2.45, 2.75) is 74.0 Å². The molecule has 0 aliphatic carbocycles. The van der Waals surface area contributed by atoms with Gasteiger partial charge in [-0.1, -0.05) is 76.4 Å². The molecule has 33 heavy (non-hydrogen) atoms. The van der Waals surface area contributed by atoms with Gasteiger partial charge < -0.3 is 0 Å². The van der Waals surface area contributed by atoms with Gasteiger partial charge in [-0.25, -0.2) is 0 Å². The van der Waals surface area contributed by atoms with Crippen LogP contribution in [0.15, 0.2) is 87.5 Å². The summed E-state index contributed by atoms with van der Waals surface area (Å²) in [6.07, 6.45) is 7.17. The molecule has 186 valence electrons. The Balaban J connectivity index is -0.000000391. The van der Waals surface area contributed by atoms with Gasteiger partial charge in [-0.15, -0.1) is 37.9 Å². The highest BCUT2D eigenvalue weighted by Crippen LogP contribution is 2.10. The lowest BCUT2D eigenvalue weighted by atomic mass is 10.1. The van der Waals surface area contributed by atoms with Gasteiger partial charge in [-0.2, -0.15) is 0 Å². The Kier molecular flexibility index (Phi) is 24.4. The molecule has 3 aromatic rings. The molecular formula is C27H39F3S3. The lowest BCUT2D eigenvalue weighted by molar-refractivity contribution is 0.920. The van der Waals surface area contributed by atoms with Crippen molar-refractivity contribution in [3.63, 3.8) is 0 Å². The van der Waals surface area contributed by atoms with Crippen molar-refractivity contribution < 1.29 is 14.1 Å². The second-order valence-corrected chi connectivity index (χ2v) is 8.80. The molecule has 0 spiro atoms. The number of aryl methyl sites for hydroxylation is 3. The van der Waals surface area contributed by atoms with E-state index in [1.165, 1.54) is 55.2 Å². The zero-order valence-corrected chi connectivity index (χ0v) is 22.4. The molecule has 0 bridgehead atoms. The maximum absolute atomic E-state index is 4.20. The van der Waals surface area contributed by atoms with Crippen molar-refractivity contribution >= 4 is 37.9 Å². The van der Waals surface area contributed by atoms with Crippen molar-refractivity contribution in [2.24, 2.45) is 0 Å². The van der Waals surface area contributed by atoms with Gasteiger partial charge in [0.15, 0.2) is 0 Å². The molecule has 0 saturated heterocycles. The zero-order valence-electron chi connectivity index (χ0n) is 19.7. The second kappa shape index (κ2) is 22.3. The molecule has 0 radical (unpaired) electrons. The first-order chi connectivity index (χ1) is 14.5. The molecule has 0 aromatic heterocycles. The minimum atomic E-state index is 0. The topological polar surface area (TPSA) is 0 Å². The predicted octanol–water partition coefficient (Wildman–Crippen LogP) is 9.24. The highest BCUT2D eigenvalue weighted by molar-refractivity contribution is 7.80. The average molecular weight is 517 g/mol. The van der Waals surface area contributed by atoms with Crippen molar-refractivity contribution in [3.8, 4) is 0 Å². The van der Waals surface area contributed by atoms with Gasteiger partial charge in [0.2, 0.25) is 0 Å². The lowest BCUT2D eigenvalue weighted by Crippen LogP contribution is -1.80. The number of thiol groups is 3. The molecule has 6 heteroatoms. The van der Waals surface area contributed by atoms with Crippen molar-refractivity contribution in [3.05, 3.63) is 89.5 Å². The van der Waals surface area contributed by atoms with E-state index in [9.17, 15) is 0 Å². The maximum Gasteiger partial charge on any atom is 0.00401 e. The Morgan fingerprint density at radius 3 is 0.727 bits per heavy atom. The van der Waals surface area contributed by atoms with Gasteiger partial charge in [0.25, 0.3) is 0 Å². The first-order valence-corrected chi connectivity index (χ1v) is 12.2. The summed E-state index contributed by atoms with van der Waals surface area (Å²) in [5.41, 5.74) is 4.21. The van der Waals surface area contributed by atoms with Crippen LogP contribution in [0.4, 0.5) is 14.1 Å². The Morgan fingerprint density at radius 1 is 0.394 bits per heavy atom. The van der Waals surface area contributed by atoms with Crippen LogP contribution in [0, 0.1) is 0 Å². The summed E-state index contributed by atoms with van der Waals surface area (Å²) in [7, 11) is 0. The van der Waals surface area contributed by atoms with Crippen LogP contribution in [-0.2, 0) is 19.3 Å². The molecular weight excluding hydrogens is 477 g/mol. The molecule has 0 fully saturated rings. The van der Waals surface area contributed by atoms with Gasteiger partial charge in [0.05, 0.1) is 0 Å². The van der Waals surface area contributed by atoms with E-state index in [1.807, 2.05) is 36.4 Å². The van der Waals surface area contributed by atoms with E-state index in [-0.39, 0.29) is 14.1 Å². The number of rotatable bonds is 6. The van der Waals surface area contributed by atoms with Crippen LogP contribution >= 0.6 is 37.9 Å². The zero-order chi connectivity index (χ0) is 22.2. The van der Waals surface area contributed by atoms with E-state index < -0.39 is 0 Å². The SMILES string of the molecule is CCCc1ccc(S)cc1.CCCc1ccc(S)cc1.CCCc1ccc(S)cc1.F.F.F. The third-order valence-electron chi connectivity index (χ3n) is 4.43. The highest BCUT2D eigenvalue weighted by Gasteiger charge is 1.90. The molecule has 0 aliphatic rings. The summed E-state index contributed by atoms with van der Waals surface area (Å²) in [5, 5.41) is 0. The minimum absolute atomic E-state index is 0. The first kappa shape index (κ1) is 36.1. The molecule has 0 aliphatic heterocycles. The second-order valence-electron chi connectivity index (χ2n) is 7.25. The molecule has 0 atom stereocenters. The van der Waals surface area contributed by atoms with E-state index in [2.05, 4.69) is 95.1 Å². The van der Waals surface area contributed by atoms with E-state index in [1.54, 1.807) is 0 Å². The lowest BCUT2D eigenvalue weighted by Gasteiger charge is -1.96. The molecule has 0 N–H and O–H groups in total. The van der Waals surface area contributed by atoms with Crippen molar-refractivity contribution in [1.29, 1.82) is 0 Å². The van der Waals surface area contributed by atoms with Gasteiger partial charge in [-0.3, -0.25) is 14.1 Å². The summed E-state index contributed by atoms with van der Waals surface area (Å²) in [6, 6.07) is 25.0. The Hall–Kier alpha value is -1.50. The summed E-state index contributed by atoms with van der Waals surface area (Å²) in [5.74, 6) is 0. The smallest absolute Gasteiger partial charge is 0.00401 e. The van der Waals surface area contributed by atoms with Crippen LogP contribution in [0.1, 0.15) is 56.7 Å². The van der Waals surface area contributed by atoms with Crippen molar-refractivity contribution in [1.82, 2.24) is 0 Å². The molecule has 0 unspecified atom stereocenters. The van der Waals surface area contributed by atoms with E-state index in [0.717, 1.165) is 14.7 Å². The van der Waals surface area contributed by atoms with Gasteiger partial charge >= 0.3 is 0 Å². The maximum atomic E-state index is 4.20. The third-order valence-corrected chi connectivity index (χ3v) is 5.32. The molecule has 3 aromatic carbocycles. The van der Waals surface area contributed by atoms with Crippen molar-refractivity contribution in [2.75, 3.05) is 0 Å². The van der Waals surface area contributed by atoms with Gasteiger partial charge in [0, 0.05) is 14.7 Å². The average Bonchev–Trinajstić information content (AvgIpc) is 2.75. The fraction of sp³-hybridized carbons (Fsp3) is 0.333. The summed E-state index contributed by atoms with van der Waals surface area (Å²) < 4.78 is 0. The highest BCUT2D eigenvalue weighted by atomic mass is 32.1. The predicted molar refractivity (Wildman–Crippen MR) is 151 cm³/mol. The monoisotopic (exact) mass is 516 g/mol. The fourth-order valence-corrected chi connectivity index (χ4v) is 3.30. The van der Waals surface area contributed by atoms with Gasteiger partial charge in [-0.05, 0) is 72.4 Å². The van der Waals surface area contributed by atoms with E-state index in [4.69, 9.17) is 0 Å². The minimum Gasteiger partial charge on any atom is -0.269 e. The number of benzene rings is 3. The summed E-state index contributed by atoms with van der Waals surface area (Å²) in [6.45, 7) is 6.57. The number of halogens is 3. The van der Waals surface area contributed by atoms with E-state index >= 15 is 0 Å². The Labute approximate surface area is 214 Å². The Bertz CT molecular complexity index is 693. The fourth-order valence-electron chi connectivity index (χ4n) is 2.85. The molecule has 0 amide bonds. The first-order valence-electron chi connectivity index (χ1n) is 10.8. The number of hydrogen-bond acceptors (Lipinski definition) is 3. The van der Waals surface area contributed by atoms with Crippen LogP contribution in [0.5, 0.6) is 0 Å². The normalized spacial score (nSPS) is 8.91. The number of hydrogen-bond donors (Lipinski definition) is 3. The summed E-state index contributed by atoms with van der Waals surface area (Å²) >= 11 is 12.6. The van der Waals surface area contributed by atoms with Crippen LogP contribution < -0.4 is 0 Å². The third kappa shape index (κ3) is 17.6. The molecule has 3 rings (SSSR count). The van der Waals surface area contributed by atoms with Crippen LogP contribution in [0.3, 0.4) is 0 Å². The summed E-state index contributed by atoms with van der Waals surface area (Å²) in [4.78, 5) is 3.12. The largest absolute Gasteiger partial charge is 0.269 e. The Morgan fingerprint density at radius 2 is 0.576 bits per heavy atom. The van der Waals surface area contributed by atoms with Gasteiger partial charge in [0.1, 0.15) is 0 Å². The standard InChI is InChI=1S/3C9H12S.3FH/c3*1-2-3-8-4-6-9(10)7-5-8;;;/h3*4-7,10H,2-3H2,1H3;3*1H. The molecule has 0 heterocycles. The van der Waals surface area contributed by atoms with Crippen LogP contribution in [0.2, 0.25) is 0 Å². The van der Waals surface area contributed by atoms with E-state index in [0.29, 0.717) is 0 Å². The molecule has 0 saturated carbocycles. The molecule has 0 nitrogen and oxygen atoms in total. The quantitative estimate of drug-likeness (QED) is 0.267. The van der Waals surface area contributed by atoms with Crippen LogP contribution in [-0.4, -0.2) is 0 Å².